The van der Waals surface area contributed by atoms with Crippen LogP contribution in [0.4, 0.5) is 0 Å². The van der Waals surface area contributed by atoms with Gasteiger partial charge in [-0.2, -0.15) is 0 Å². The lowest BCUT2D eigenvalue weighted by Gasteiger charge is -2.42. The van der Waals surface area contributed by atoms with E-state index in [0.717, 1.165) is 70.6 Å². The van der Waals surface area contributed by atoms with Crippen molar-refractivity contribution in [1.82, 2.24) is 0 Å². The van der Waals surface area contributed by atoms with E-state index in [2.05, 4.69) is 50.3 Å². The van der Waals surface area contributed by atoms with Gasteiger partial charge in [0.15, 0.2) is 18.7 Å². The lowest BCUT2D eigenvalue weighted by Crippen LogP contribution is -2.61. The second-order valence-electron chi connectivity index (χ2n) is 17.3. The molecule has 2 aliphatic heterocycles. The highest BCUT2D eigenvalue weighted by molar-refractivity contribution is 5.70. The van der Waals surface area contributed by atoms with Gasteiger partial charge in [-0.15, -0.1) is 0 Å². The van der Waals surface area contributed by atoms with Crippen molar-refractivity contribution in [2.75, 3.05) is 26.4 Å². The van der Waals surface area contributed by atoms with Gasteiger partial charge < -0.3 is 64.2 Å². The fraction of sp³-hybridized carbons (Fsp3) is 0.837. The molecule has 0 aromatic heterocycles. The van der Waals surface area contributed by atoms with Crippen LogP contribution in [0.15, 0.2) is 36.5 Å². The van der Waals surface area contributed by atoms with E-state index in [1.807, 2.05) is 0 Å². The zero-order valence-electron chi connectivity index (χ0n) is 39.0. The number of hydrogen-bond acceptors (Lipinski definition) is 15. The highest BCUT2D eigenvalue weighted by Gasteiger charge is 2.47. The number of aliphatic hydroxyl groups is 7. The molecule has 2 aliphatic rings. The van der Waals surface area contributed by atoms with Gasteiger partial charge in [0.1, 0.15) is 55.4 Å². The van der Waals surface area contributed by atoms with E-state index in [-0.39, 0.29) is 26.1 Å². The molecule has 2 rings (SSSR count). The Bertz CT molecular complexity index is 1260. The Balaban J connectivity index is 1.84. The minimum atomic E-state index is -1.77. The highest BCUT2D eigenvalue weighted by atomic mass is 16.7. The Morgan fingerprint density at radius 2 is 0.984 bits per heavy atom. The molecule has 0 amide bonds. The maximum absolute atomic E-state index is 13.0. The summed E-state index contributed by atoms with van der Waals surface area (Å²) in [5.74, 6) is -0.943. The predicted octanol–water partition coefficient (Wildman–Crippen LogP) is 6.15. The van der Waals surface area contributed by atoms with Crippen LogP contribution in [-0.2, 0) is 38.0 Å². The molecular formula is C49H86O15. The average molecular weight is 915 g/mol. The molecule has 15 nitrogen and oxygen atoms in total. The normalized spacial score (nSPS) is 26.9. The summed E-state index contributed by atoms with van der Waals surface area (Å²) in [5, 5.41) is 72.0. The Morgan fingerprint density at radius 3 is 1.55 bits per heavy atom. The number of carbonyl (C=O) groups excluding carboxylic acids is 2. The van der Waals surface area contributed by atoms with Crippen LogP contribution in [-0.4, -0.2) is 142 Å². The van der Waals surface area contributed by atoms with E-state index in [4.69, 9.17) is 28.4 Å². The fourth-order valence-electron chi connectivity index (χ4n) is 7.58. The van der Waals surface area contributed by atoms with Crippen molar-refractivity contribution in [2.45, 2.75) is 235 Å². The van der Waals surface area contributed by atoms with Gasteiger partial charge in [0.05, 0.1) is 19.8 Å². The first kappa shape index (κ1) is 57.8. The molecule has 2 fully saturated rings. The smallest absolute Gasteiger partial charge is 0.306 e. The molecular weight excluding hydrogens is 829 g/mol. The first-order valence-electron chi connectivity index (χ1n) is 24.6. The second kappa shape index (κ2) is 36.8. The molecule has 0 aromatic rings. The maximum atomic E-state index is 13.0. The quantitative estimate of drug-likeness (QED) is 0.0211. The van der Waals surface area contributed by atoms with Crippen LogP contribution in [0.25, 0.3) is 0 Å². The zero-order valence-corrected chi connectivity index (χ0v) is 39.0. The van der Waals surface area contributed by atoms with Crippen LogP contribution in [0.1, 0.15) is 168 Å². The van der Waals surface area contributed by atoms with Gasteiger partial charge in [0.25, 0.3) is 0 Å². The molecule has 7 N–H and O–H groups in total. The topological polar surface area (TPSA) is 231 Å². The van der Waals surface area contributed by atoms with E-state index in [9.17, 15) is 45.3 Å². The molecule has 0 aromatic carbocycles. The zero-order chi connectivity index (χ0) is 46.8. The van der Waals surface area contributed by atoms with Gasteiger partial charge in [0.2, 0.25) is 0 Å². The summed E-state index contributed by atoms with van der Waals surface area (Å²) in [4.78, 5) is 25.7. The number of esters is 2. The van der Waals surface area contributed by atoms with Crippen molar-refractivity contribution in [3.05, 3.63) is 36.5 Å². The fourth-order valence-corrected chi connectivity index (χ4v) is 7.58. The van der Waals surface area contributed by atoms with E-state index in [1.165, 1.54) is 57.8 Å². The maximum Gasteiger partial charge on any atom is 0.306 e. The van der Waals surface area contributed by atoms with Gasteiger partial charge in [-0.3, -0.25) is 9.59 Å². The molecule has 64 heavy (non-hydrogen) atoms. The average Bonchev–Trinajstić information content (AvgIpc) is 3.29. The highest BCUT2D eigenvalue weighted by Crippen LogP contribution is 2.26. The number of carbonyl (C=O) groups is 2. The van der Waals surface area contributed by atoms with Crippen molar-refractivity contribution in [1.29, 1.82) is 0 Å². The summed E-state index contributed by atoms with van der Waals surface area (Å²) < 4.78 is 33.5. The van der Waals surface area contributed by atoms with E-state index in [0.29, 0.717) is 12.8 Å². The summed E-state index contributed by atoms with van der Waals surface area (Å²) in [7, 11) is 0. The molecule has 0 spiro atoms. The van der Waals surface area contributed by atoms with Crippen molar-refractivity contribution in [3.8, 4) is 0 Å². The van der Waals surface area contributed by atoms with Crippen LogP contribution in [0.5, 0.6) is 0 Å². The van der Waals surface area contributed by atoms with Crippen LogP contribution >= 0.6 is 0 Å². The summed E-state index contributed by atoms with van der Waals surface area (Å²) in [5.41, 5.74) is 0. The van der Waals surface area contributed by atoms with E-state index < -0.39 is 92.7 Å². The second-order valence-corrected chi connectivity index (χ2v) is 17.3. The lowest BCUT2D eigenvalue weighted by molar-refractivity contribution is -0.332. The van der Waals surface area contributed by atoms with E-state index >= 15 is 0 Å². The van der Waals surface area contributed by atoms with Gasteiger partial charge in [-0.25, -0.2) is 0 Å². The first-order valence-corrected chi connectivity index (χ1v) is 24.6. The number of ether oxygens (including phenoxy) is 6. The molecule has 1 unspecified atom stereocenters. The summed E-state index contributed by atoms with van der Waals surface area (Å²) >= 11 is 0. The minimum absolute atomic E-state index is 0.147. The SMILES string of the molecule is CC/C=C\C/C=C\C/C=C\CCCCCCCC(=O)OC(COC(=O)CCCCCCCCCCCCCCC)CO[C@@H]1O[C@H](CO[C@@H]2O[C@H](CO)[C@H](O)[C@H](O)[C@H]2O)[C@H](O)[C@H](O)[C@H]1O. The summed E-state index contributed by atoms with van der Waals surface area (Å²) in [6.45, 7) is 2.45. The number of rotatable bonds is 37. The third-order valence-electron chi connectivity index (χ3n) is 11.6. The number of aliphatic hydroxyl groups excluding tert-OH is 7. The van der Waals surface area contributed by atoms with Crippen LogP contribution in [0.2, 0.25) is 0 Å². The predicted molar refractivity (Wildman–Crippen MR) is 243 cm³/mol. The minimum Gasteiger partial charge on any atom is -0.462 e. The molecule has 0 bridgehead atoms. The Morgan fingerprint density at radius 1 is 0.516 bits per heavy atom. The molecule has 2 heterocycles. The summed E-state index contributed by atoms with van der Waals surface area (Å²) in [6, 6.07) is 0. The van der Waals surface area contributed by atoms with Crippen LogP contribution in [0.3, 0.4) is 0 Å². The van der Waals surface area contributed by atoms with Crippen LogP contribution < -0.4 is 0 Å². The van der Waals surface area contributed by atoms with Gasteiger partial charge >= 0.3 is 11.9 Å². The standard InChI is InChI=1S/C49H86O15/c1-3-5-7-9-11-13-15-17-18-20-22-24-26-28-30-32-41(52)62-37(34-59-40(51)31-29-27-25-23-21-19-16-14-12-10-8-6-4-2)35-60-48-47(58)45(56)43(54)39(64-48)36-61-49-46(57)44(55)42(53)38(33-50)63-49/h5,7,11,13,17-18,37-39,42-50,53-58H,3-4,6,8-10,12,14-16,19-36H2,1-2H3/b7-5-,13-11-,18-17-/t37?,38-,39-,42+,43+,44+,45+,46-,47-,48-,49-/m1/s1. The molecule has 372 valence electrons. The monoisotopic (exact) mass is 915 g/mol. The molecule has 15 heteroatoms. The third-order valence-corrected chi connectivity index (χ3v) is 11.6. The molecule has 0 saturated carbocycles. The van der Waals surface area contributed by atoms with Crippen LogP contribution in [0, 0.1) is 0 Å². The van der Waals surface area contributed by atoms with Crippen molar-refractivity contribution >= 4 is 11.9 Å². The number of unbranched alkanes of at least 4 members (excludes halogenated alkanes) is 17. The van der Waals surface area contributed by atoms with Crippen molar-refractivity contribution in [2.24, 2.45) is 0 Å². The van der Waals surface area contributed by atoms with Gasteiger partial charge in [0, 0.05) is 12.8 Å². The van der Waals surface area contributed by atoms with Gasteiger partial charge in [-0.1, -0.05) is 147 Å². The third kappa shape index (κ3) is 25.0. The van der Waals surface area contributed by atoms with Gasteiger partial charge in [-0.05, 0) is 44.9 Å². The number of allylic oxidation sites excluding steroid dienone is 6. The molecule has 2 saturated heterocycles. The van der Waals surface area contributed by atoms with Crippen molar-refractivity contribution in [3.63, 3.8) is 0 Å². The summed E-state index contributed by atoms with van der Waals surface area (Å²) in [6.07, 6.45) is 20.3. The molecule has 0 radical (unpaired) electrons. The lowest BCUT2D eigenvalue weighted by atomic mass is 9.98. The Labute approximate surface area is 383 Å². The first-order chi connectivity index (χ1) is 31.0. The largest absolute Gasteiger partial charge is 0.462 e. The number of hydrogen-bond donors (Lipinski definition) is 7. The molecule has 11 atom stereocenters. The van der Waals surface area contributed by atoms with Crippen molar-refractivity contribution < 1.29 is 73.8 Å². The molecule has 0 aliphatic carbocycles. The Hall–Kier alpha value is -2.28. The van der Waals surface area contributed by atoms with E-state index in [1.54, 1.807) is 0 Å². The Kier molecular flexibility index (Phi) is 33.3.